The standard InChI is InChI=1S/C27H19ClF4N2O4S/c1-16-23(25(27(30,31)32)33-38-26(35)18-3-7-19(28)8-4-18)15-24(34(16)21-11-9-20(29)10-12-21)17-5-13-22(14-6-17)39(2,36)37/h3-15H,1-2H3/b33-25+. The molecule has 0 saturated carbocycles. The predicted octanol–water partition coefficient (Wildman–Crippen LogP) is 6.77. The van der Waals surface area contributed by atoms with Gasteiger partial charge in [0.05, 0.1) is 16.2 Å². The van der Waals surface area contributed by atoms with Crippen LogP contribution >= 0.6 is 11.6 Å². The molecular weight excluding hydrogens is 560 g/mol. The normalized spacial score (nSPS) is 12.4. The monoisotopic (exact) mass is 578 g/mol. The molecule has 0 aliphatic rings. The largest absolute Gasteiger partial charge is 0.437 e. The summed E-state index contributed by atoms with van der Waals surface area (Å²) in [5.41, 5.74) is -0.938. The molecule has 1 aromatic heterocycles. The number of sulfone groups is 1. The van der Waals surface area contributed by atoms with Crippen molar-refractivity contribution in [2.75, 3.05) is 6.26 Å². The summed E-state index contributed by atoms with van der Waals surface area (Å²) in [5, 5.41) is 3.50. The van der Waals surface area contributed by atoms with Crippen molar-refractivity contribution < 1.29 is 35.6 Å². The number of carbonyl (C=O) groups is 1. The van der Waals surface area contributed by atoms with Crippen molar-refractivity contribution in [1.29, 1.82) is 0 Å². The van der Waals surface area contributed by atoms with Gasteiger partial charge < -0.3 is 9.40 Å². The second-order valence-electron chi connectivity index (χ2n) is 8.46. The molecule has 0 aliphatic heterocycles. The number of nitrogens with zero attached hydrogens (tertiary/aromatic N) is 2. The smallest absolute Gasteiger partial charge is 0.313 e. The highest BCUT2D eigenvalue weighted by Gasteiger charge is 2.40. The molecule has 0 saturated heterocycles. The molecule has 0 fully saturated rings. The number of carbonyl (C=O) groups excluding carboxylic acids is 1. The van der Waals surface area contributed by atoms with Gasteiger partial charge in [0.2, 0.25) is 0 Å². The molecule has 0 bridgehead atoms. The van der Waals surface area contributed by atoms with Gasteiger partial charge in [0.25, 0.3) is 0 Å². The Labute approximate surface area is 226 Å². The molecule has 0 N–H and O–H groups in total. The van der Waals surface area contributed by atoms with Gasteiger partial charge >= 0.3 is 12.1 Å². The Balaban J connectivity index is 1.86. The lowest BCUT2D eigenvalue weighted by Gasteiger charge is -2.14. The van der Waals surface area contributed by atoms with Crippen LogP contribution in [-0.4, -0.2) is 37.1 Å². The fourth-order valence-corrected chi connectivity index (χ4v) is 4.59. The van der Waals surface area contributed by atoms with Crippen molar-refractivity contribution in [2.24, 2.45) is 5.16 Å². The summed E-state index contributed by atoms with van der Waals surface area (Å²) in [5.74, 6) is -1.67. The Kier molecular flexibility index (Phi) is 7.67. The van der Waals surface area contributed by atoms with Crippen molar-refractivity contribution in [3.8, 4) is 16.9 Å². The van der Waals surface area contributed by atoms with E-state index in [9.17, 15) is 30.8 Å². The van der Waals surface area contributed by atoms with E-state index in [1.165, 1.54) is 78.2 Å². The summed E-state index contributed by atoms with van der Waals surface area (Å²) < 4.78 is 81.4. The van der Waals surface area contributed by atoms with Crippen molar-refractivity contribution in [2.45, 2.75) is 18.0 Å². The van der Waals surface area contributed by atoms with Crippen LogP contribution in [0.2, 0.25) is 5.02 Å². The summed E-state index contributed by atoms with van der Waals surface area (Å²) >= 11 is 5.78. The van der Waals surface area contributed by atoms with Crippen LogP contribution in [0, 0.1) is 12.7 Å². The van der Waals surface area contributed by atoms with E-state index in [2.05, 4.69) is 9.99 Å². The van der Waals surface area contributed by atoms with Gasteiger partial charge in [0.15, 0.2) is 15.5 Å². The molecule has 0 unspecified atom stereocenters. The third-order valence-corrected chi connectivity index (χ3v) is 7.11. The van der Waals surface area contributed by atoms with Crippen LogP contribution in [0.5, 0.6) is 0 Å². The zero-order valence-corrected chi connectivity index (χ0v) is 21.9. The molecule has 0 spiro atoms. The van der Waals surface area contributed by atoms with Crippen molar-refractivity contribution in [3.63, 3.8) is 0 Å². The maximum absolute atomic E-state index is 14.2. The lowest BCUT2D eigenvalue weighted by molar-refractivity contribution is -0.0605. The lowest BCUT2D eigenvalue weighted by Crippen LogP contribution is -2.25. The third-order valence-electron chi connectivity index (χ3n) is 5.73. The van der Waals surface area contributed by atoms with Gasteiger partial charge in [0, 0.05) is 28.2 Å². The van der Waals surface area contributed by atoms with E-state index in [0.29, 0.717) is 16.3 Å². The van der Waals surface area contributed by atoms with Crippen molar-refractivity contribution in [1.82, 2.24) is 4.57 Å². The maximum atomic E-state index is 14.2. The molecule has 4 rings (SSSR count). The summed E-state index contributed by atoms with van der Waals surface area (Å²) in [6.07, 6.45) is -4.00. The number of oxime groups is 1. The van der Waals surface area contributed by atoms with Crippen molar-refractivity contribution >= 4 is 33.1 Å². The zero-order chi connectivity index (χ0) is 28.5. The molecule has 12 heteroatoms. The van der Waals surface area contributed by atoms with E-state index in [1.54, 1.807) is 0 Å². The Morgan fingerprint density at radius 2 is 1.54 bits per heavy atom. The second kappa shape index (κ2) is 10.7. The van der Waals surface area contributed by atoms with Crippen LogP contribution in [0.1, 0.15) is 21.6 Å². The quantitative estimate of drug-likeness (QED) is 0.109. The molecule has 4 aromatic rings. The molecule has 3 aromatic carbocycles. The zero-order valence-electron chi connectivity index (χ0n) is 20.3. The first-order valence-electron chi connectivity index (χ1n) is 11.2. The highest BCUT2D eigenvalue weighted by molar-refractivity contribution is 7.90. The average Bonchev–Trinajstić information content (AvgIpc) is 3.20. The molecular formula is C27H19ClF4N2O4S. The Morgan fingerprint density at radius 1 is 0.949 bits per heavy atom. The van der Waals surface area contributed by atoms with Gasteiger partial charge in [-0.2, -0.15) is 13.2 Å². The van der Waals surface area contributed by atoms with Gasteiger partial charge in [0.1, 0.15) is 5.82 Å². The fourth-order valence-electron chi connectivity index (χ4n) is 3.83. The van der Waals surface area contributed by atoms with E-state index in [-0.39, 0.29) is 21.8 Å². The minimum absolute atomic E-state index is 0.0229. The summed E-state index contributed by atoms with van der Waals surface area (Å²) in [6, 6.07) is 17.1. The van der Waals surface area contributed by atoms with E-state index in [1.807, 2.05) is 0 Å². The predicted molar refractivity (Wildman–Crippen MR) is 138 cm³/mol. The average molecular weight is 579 g/mol. The molecule has 1 heterocycles. The van der Waals surface area contributed by atoms with Gasteiger partial charge in [-0.15, -0.1) is 0 Å². The summed E-state index contributed by atoms with van der Waals surface area (Å²) in [7, 11) is -3.52. The van der Waals surface area contributed by atoms with Crippen LogP contribution in [0.3, 0.4) is 0 Å². The third kappa shape index (κ3) is 6.21. The van der Waals surface area contributed by atoms with Gasteiger partial charge in [-0.1, -0.05) is 28.9 Å². The minimum atomic E-state index is -5.03. The van der Waals surface area contributed by atoms with E-state index in [4.69, 9.17) is 11.6 Å². The highest BCUT2D eigenvalue weighted by atomic mass is 35.5. The van der Waals surface area contributed by atoms with Gasteiger partial charge in [-0.3, -0.25) is 0 Å². The van der Waals surface area contributed by atoms with Crippen molar-refractivity contribution in [3.05, 3.63) is 107 Å². The SMILES string of the molecule is Cc1c(/C(=N\OC(=O)c2ccc(Cl)cc2)C(F)(F)F)cc(-c2ccc(S(C)(=O)=O)cc2)n1-c1ccc(F)cc1. The molecule has 6 nitrogen and oxygen atoms in total. The Morgan fingerprint density at radius 3 is 2.08 bits per heavy atom. The van der Waals surface area contributed by atoms with Gasteiger partial charge in [-0.25, -0.2) is 17.6 Å². The van der Waals surface area contributed by atoms with E-state index >= 15 is 0 Å². The molecule has 202 valence electrons. The first-order valence-corrected chi connectivity index (χ1v) is 13.4. The Bertz CT molecular complexity index is 1660. The van der Waals surface area contributed by atoms with Crippen LogP contribution in [0.15, 0.2) is 88.9 Å². The summed E-state index contributed by atoms with van der Waals surface area (Å²) in [6.45, 7) is 1.40. The number of halogens is 5. The highest BCUT2D eigenvalue weighted by Crippen LogP contribution is 2.34. The van der Waals surface area contributed by atoms with Gasteiger partial charge in [-0.05, 0) is 79.2 Å². The van der Waals surface area contributed by atoms with E-state index in [0.717, 1.165) is 18.4 Å². The van der Waals surface area contributed by atoms with Crippen LogP contribution in [0.4, 0.5) is 17.6 Å². The lowest BCUT2D eigenvalue weighted by atomic mass is 10.1. The fraction of sp³-hybridized carbons (Fsp3) is 0.111. The number of benzene rings is 3. The minimum Gasteiger partial charge on any atom is -0.313 e. The molecule has 0 radical (unpaired) electrons. The first-order chi connectivity index (χ1) is 18.3. The second-order valence-corrected chi connectivity index (χ2v) is 10.9. The molecule has 0 atom stereocenters. The topological polar surface area (TPSA) is 77.7 Å². The number of alkyl halides is 3. The van der Waals surface area contributed by atoms with E-state index < -0.39 is 39.1 Å². The number of rotatable bonds is 6. The number of hydrogen-bond donors (Lipinski definition) is 0. The molecule has 0 amide bonds. The Hall–Kier alpha value is -3.96. The number of aromatic nitrogens is 1. The van der Waals surface area contributed by atoms with Crippen LogP contribution in [0.25, 0.3) is 16.9 Å². The molecule has 39 heavy (non-hydrogen) atoms. The molecule has 0 aliphatic carbocycles. The van der Waals surface area contributed by atoms with Crippen LogP contribution < -0.4 is 0 Å². The first kappa shape index (κ1) is 28.1. The van der Waals surface area contributed by atoms with Crippen LogP contribution in [-0.2, 0) is 14.7 Å². The number of hydrogen-bond acceptors (Lipinski definition) is 5. The maximum Gasteiger partial charge on any atom is 0.437 e. The summed E-state index contributed by atoms with van der Waals surface area (Å²) in [4.78, 5) is 17.0.